The zero-order valence-electron chi connectivity index (χ0n) is 21.6. The number of rotatable bonds is 6. The summed E-state index contributed by atoms with van der Waals surface area (Å²) in [5.41, 5.74) is 4.01. The first kappa shape index (κ1) is 24.2. The Balaban J connectivity index is 1.53. The first-order valence-corrected chi connectivity index (χ1v) is 13.7. The quantitative estimate of drug-likeness (QED) is 0.346. The Morgan fingerprint density at radius 1 is 1.09 bits per heavy atom. The van der Waals surface area contributed by atoms with Crippen molar-refractivity contribution < 1.29 is 9.90 Å². The molecule has 0 aliphatic heterocycles. The maximum atomic E-state index is 11.9. The van der Waals surface area contributed by atoms with E-state index >= 15 is 0 Å². The number of carbonyl (C=O) groups excluding carboxylic acids is 1. The summed E-state index contributed by atoms with van der Waals surface area (Å²) in [6, 6.07) is 0. The molecule has 2 heteroatoms. The summed E-state index contributed by atoms with van der Waals surface area (Å²) in [5, 5.41) is 10.5. The molecule has 180 valence electrons. The minimum Gasteiger partial charge on any atom is -0.392 e. The van der Waals surface area contributed by atoms with Gasteiger partial charge in [-0.25, -0.2) is 0 Å². The van der Waals surface area contributed by atoms with E-state index in [4.69, 9.17) is 0 Å². The largest absolute Gasteiger partial charge is 0.392 e. The second-order valence-electron chi connectivity index (χ2n) is 12.7. The lowest BCUT2D eigenvalue weighted by Gasteiger charge is -2.59. The van der Waals surface area contributed by atoms with Crippen LogP contribution in [0.25, 0.3) is 0 Å². The molecule has 0 amide bonds. The number of hydrogen-bond donors (Lipinski definition) is 1. The fourth-order valence-electron chi connectivity index (χ4n) is 9.18. The molecule has 4 aliphatic rings. The SMILES string of the molecule is CC=C(CCC(C)C1CCC2C3=CCC4C(C=O)C(O)CCC4(C)C3CCC21C)C(C)C. The first-order valence-electron chi connectivity index (χ1n) is 13.7. The van der Waals surface area contributed by atoms with E-state index in [1.54, 1.807) is 11.1 Å². The molecule has 0 radical (unpaired) electrons. The molecule has 0 spiro atoms. The van der Waals surface area contributed by atoms with Gasteiger partial charge in [0.2, 0.25) is 0 Å². The van der Waals surface area contributed by atoms with E-state index in [0.29, 0.717) is 23.2 Å². The molecule has 0 aromatic carbocycles. The predicted octanol–water partition coefficient (Wildman–Crippen LogP) is 7.37. The molecule has 0 heterocycles. The van der Waals surface area contributed by atoms with Crippen molar-refractivity contribution in [1.29, 1.82) is 0 Å². The van der Waals surface area contributed by atoms with Crippen molar-refractivity contribution in [1.82, 2.24) is 0 Å². The van der Waals surface area contributed by atoms with Crippen molar-refractivity contribution in [2.75, 3.05) is 0 Å². The van der Waals surface area contributed by atoms with Crippen LogP contribution in [0.4, 0.5) is 0 Å². The molecule has 0 aromatic rings. The van der Waals surface area contributed by atoms with Gasteiger partial charge in [-0.05, 0) is 111 Å². The van der Waals surface area contributed by atoms with Gasteiger partial charge in [-0.1, -0.05) is 57.9 Å². The van der Waals surface area contributed by atoms with E-state index in [9.17, 15) is 9.90 Å². The number of aldehydes is 1. The summed E-state index contributed by atoms with van der Waals surface area (Å²) in [6.45, 7) is 14.5. The number of fused-ring (bicyclic) bond motifs is 5. The Hall–Kier alpha value is -0.890. The molecule has 9 atom stereocenters. The molecule has 0 bridgehead atoms. The Morgan fingerprint density at radius 3 is 2.44 bits per heavy atom. The summed E-state index contributed by atoms with van der Waals surface area (Å²) >= 11 is 0. The van der Waals surface area contributed by atoms with Gasteiger partial charge in [-0.3, -0.25) is 0 Å². The molecular weight excluding hydrogens is 392 g/mol. The van der Waals surface area contributed by atoms with Gasteiger partial charge in [0.1, 0.15) is 6.29 Å². The molecule has 32 heavy (non-hydrogen) atoms. The van der Waals surface area contributed by atoms with Crippen LogP contribution in [0.15, 0.2) is 23.3 Å². The van der Waals surface area contributed by atoms with Crippen molar-refractivity contribution in [2.45, 2.75) is 105 Å². The highest BCUT2D eigenvalue weighted by molar-refractivity contribution is 5.56. The predicted molar refractivity (Wildman–Crippen MR) is 133 cm³/mol. The maximum Gasteiger partial charge on any atom is 0.125 e. The third-order valence-corrected chi connectivity index (χ3v) is 11.2. The molecular formula is C30H48O2. The van der Waals surface area contributed by atoms with Crippen LogP contribution in [-0.4, -0.2) is 17.5 Å². The van der Waals surface area contributed by atoms with Crippen LogP contribution in [0.2, 0.25) is 0 Å². The van der Waals surface area contributed by atoms with E-state index in [1.807, 2.05) is 0 Å². The second kappa shape index (κ2) is 9.05. The highest BCUT2D eigenvalue weighted by atomic mass is 16.3. The molecule has 3 fully saturated rings. The van der Waals surface area contributed by atoms with Gasteiger partial charge in [0.25, 0.3) is 0 Å². The molecule has 9 unspecified atom stereocenters. The molecule has 4 aliphatic carbocycles. The average Bonchev–Trinajstić information content (AvgIpc) is 3.11. The summed E-state index contributed by atoms with van der Waals surface area (Å²) in [7, 11) is 0. The van der Waals surface area contributed by atoms with Gasteiger partial charge < -0.3 is 9.90 Å². The van der Waals surface area contributed by atoms with Crippen LogP contribution in [-0.2, 0) is 4.79 Å². The minimum absolute atomic E-state index is 0.169. The van der Waals surface area contributed by atoms with Crippen molar-refractivity contribution in [3.8, 4) is 0 Å². The summed E-state index contributed by atoms with van der Waals surface area (Å²) < 4.78 is 0. The lowest BCUT2D eigenvalue weighted by atomic mass is 9.46. The van der Waals surface area contributed by atoms with Crippen molar-refractivity contribution >= 4 is 6.29 Å². The molecule has 3 saturated carbocycles. The molecule has 0 aromatic heterocycles. The Kier molecular flexibility index (Phi) is 6.85. The highest BCUT2D eigenvalue weighted by Crippen LogP contribution is 2.67. The number of carbonyl (C=O) groups is 1. The zero-order valence-corrected chi connectivity index (χ0v) is 21.6. The van der Waals surface area contributed by atoms with Crippen molar-refractivity contribution in [3.05, 3.63) is 23.3 Å². The van der Waals surface area contributed by atoms with E-state index in [1.165, 1.54) is 38.5 Å². The molecule has 0 saturated heterocycles. The fourth-order valence-corrected chi connectivity index (χ4v) is 9.18. The van der Waals surface area contributed by atoms with E-state index < -0.39 is 6.10 Å². The van der Waals surface area contributed by atoms with Gasteiger partial charge in [0, 0.05) is 5.92 Å². The number of aliphatic hydroxyl groups is 1. The maximum absolute atomic E-state index is 11.9. The standard InChI is InChI=1S/C30H48O2/c1-7-21(19(2)3)9-8-20(4)24-12-13-25-22-10-11-26-23(18-31)28(32)15-17-30(26,6)27(22)14-16-29(24,25)5/h7,10,18-20,23-28,32H,8-9,11-17H2,1-6H3. The fraction of sp³-hybridized carbons (Fsp3) is 0.833. The van der Waals surface area contributed by atoms with Crippen LogP contribution in [0.3, 0.4) is 0 Å². The Labute approximate surface area is 197 Å². The van der Waals surface area contributed by atoms with E-state index in [2.05, 4.69) is 53.7 Å². The molecule has 2 nitrogen and oxygen atoms in total. The summed E-state index contributed by atoms with van der Waals surface area (Å²) in [6.07, 6.45) is 16.4. The lowest BCUT2D eigenvalue weighted by Crippen LogP contribution is -2.53. The van der Waals surface area contributed by atoms with Crippen LogP contribution in [0, 0.1) is 52.3 Å². The number of aliphatic hydroxyl groups excluding tert-OH is 1. The van der Waals surface area contributed by atoms with Crippen molar-refractivity contribution in [2.24, 2.45) is 52.3 Å². The van der Waals surface area contributed by atoms with Gasteiger partial charge in [0.15, 0.2) is 0 Å². The van der Waals surface area contributed by atoms with Crippen LogP contribution < -0.4 is 0 Å². The van der Waals surface area contributed by atoms with Crippen LogP contribution >= 0.6 is 0 Å². The summed E-state index contributed by atoms with van der Waals surface area (Å²) in [5.74, 6) is 3.80. The smallest absolute Gasteiger partial charge is 0.125 e. The summed E-state index contributed by atoms with van der Waals surface area (Å²) in [4.78, 5) is 11.9. The average molecular weight is 441 g/mol. The second-order valence-corrected chi connectivity index (χ2v) is 12.7. The number of hydrogen-bond acceptors (Lipinski definition) is 2. The van der Waals surface area contributed by atoms with Crippen LogP contribution in [0.5, 0.6) is 0 Å². The molecule has 1 N–H and O–H groups in total. The molecule has 4 rings (SSSR count). The van der Waals surface area contributed by atoms with Gasteiger partial charge >= 0.3 is 0 Å². The van der Waals surface area contributed by atoms with Crippen LogP contribution in [0.1, 0.15) is 99.3 Å². The Morgan fingerprint density at radius 2 is 1.78 bits per heavy atom. The first-order chi connectivity index (χ1) is 15.2. The third-order valence-electron chi connectivity index (χ3n) is 11.2. The highest BCUT2D eigenvalue weighted by Gasteiger charge is 2.59. The van der Waals surface area contributed by atoms with Crippen molar-refractivity contribution in [3.63, 3.8) is 0 Å². The lowest BCUT2D eigenvalue weighted by molar-refractivity contribution is -0.129. The zero-order chi connectivity index (χ0) is 23.3. The van der Waals surface area contributed by atoms with E-state index in [0.717, 1.165) is 43.3 Å². The normalized spacial score (nSPS) is 45.0. The number of allylic oxidation sites excluding steroid dienone is 4. The Bertz CT molecular complexity index is 763. The van der Waals surface area contributed by atoms with Gasteiger partial charge in [-0.15, -0.1) is 0 Å². The topological polar surface area (TPSA) is 37.3 Å². The monoisotopic (exact) mass is 440 g/mol. The van der Waals surface area contributed by atoms with Gasteiger partial charge in [-0.2, -0.15) is 0 Å². The minimum atomic E-state index is -0.431. The van der Waals surface area contributed by atoms with E-state index in [-0.39, 0.29) is 11.3 Å². The third kappa shape index (κ3) is 3.77. The van der Waals surface area contributed by atoms with Gasteiger partial charge in [0.05, 0.1) is 6.10 Å².